The average Bonchev–Trinajstić information content (AvgIpc) is 2.96. The van der Waals surface area contributed by atoms with Crippen LogP contribution in [-0.2, 0) is 26.2 Å². The molecule has 0 aliphatic heterocycles. The van der Waals surface area contributed by atoms with Gasteiger partial charge in [0.25, 0.3) is 10.0 Å². The molecule has 8 nitrogen and oxygen atoms in total. The summed E-state index contributed by atoms with van der Waals surface area (Å²) in [5, 5.41) is 3.24. The average molecular weight is 607 g/mol. The van der Waals surface area contributed by atoms with Crippen molar-refractivity contribution in [3.63, 3.8) is 0 Å². The van der Waals surface area contributed by atoms with Gasteiger partial charge in [-0.05, 0) is 60.9 Å². The highest BCUT2D eigenvalue weighted by molar-refractivity contribution is 7.92. The molecule has 0 aromatic heterocycles. The number of carbonyl (C=O) groups is 2. The van der Waals surface area contributed by atoms with Crippen molar-refractivity contribution < 1.29 is 22.7 Å². The Morgan fingerprint density at radius 1 is 0.950 bits per heavy atom. The number of nitrogens with zero attached hydrogens (tertiary/aromatic N) is 2. The normalized spacial score (nSPS) is 11.9. The van der Waals surface area contributed by atoms with E-state index in [0.29, 0.717) is 18.7 Å². The Hall–Kier alpha value is -3.27. The van der Waals surface area contributed by atoms with E-state index in [2.05, 4.69) is 5.32 Å². The summed E-state index contributed by atoms with van der Waals surface area (Å²) in [6.07, 6.45) is 1.06. The van der Waals surface area contributed by atoms with Gasteiger partial charge in [0.1, 0.15) is 18.3 Å². The third-order valence-corrected chi connectivity index (χ3v) is 8.78. The second kappa shape index (κ2) is 14.4. The first-order chi connectivity index (χ1) is 19.1. The van der Waals surface area contributed by atoms with Crippen LogP contribution in [0.25, 0.3) is 0 Å². The molecule has 0 aliphatic rings. The van der Waals surface area contributed by atoms with Crippen molar-refractivity contribution >= 4 is 50.7 Å². The highest BCUT2D eigenvalue weighted by Gasteiger charge is 2.33. The van der Waals surface area contributed by atoms with Crippen molar-refractivity contribution in [2.75, 3.05) is 24.5 Å². The number of sulfonamides is 1. The van der Waals surface area contributed by atoms with Gasteiger partial charge in [-0.3, -0.25) is 13.9 Å². The number of methoxy groups -OCH3 is 1. The third-order valence-electron chi connectivity index (χ3n) is 6.25. The minimum absolute atomic E-state index is 0.00306. The predicted octanol–water partition coefficient (Wildman–Crippen LogP) is 5.53. The maximum atomic E-state index is 14.0. The van der Waals surface area contributed by atoms with Gasteiger partial charge in [-0.1, -0.05) is 67.4 Å². The fraction of sp³-hybridized carbons (Fsp3) is 0.310. The van der Waals surface area contributed by atoms with E-state index in [1.165, 1.54) is 35.2 Å². The van der Waals surface area contributed by atoms with Gasteiger partial charge >= 0.3 is 0 Å². The van der Waals surface area contributed by atoms with E-state index >= 15 is 0 Å². The highest BCUT2D eigenvalue weighted by atomic mass is 35.5. The van der Waals surface area contributed by atoms with Crippen LogP contribution < -0.4 is 14.4 Å². The standard InChI is InChI=1S/C29H33Cl2N3O5S/c1-4-17-32-29(36)27(5-2)33(19-21-11-14-23(39-3)15-12-21)28(35)20-34(22-13-16-25(30)26(31)18-22)40(37,38)24-9-7-6-8-10-24/h6-16,18,27H,4-5,17,19-20H2,1-3H3,(H,32,36)/t27-/m1/s1. The number of halogens is 2. The Bertz CT molecular complexity index is 1400. The molecule has 1 N–H and O–H groups in total. The molecule has 0 spiro atoms. The number of hydrogen-bond donors (Lipinski definition) is 1. The molecule has 214 valence electrons. The number of benzene rings is 3. The van der Waals surface area contributed by atoms with E-state index in [-0.39, 0.29) is 33.1 Å². The fourth-order valence-electron chi connectivity index (χ4n) is 4.10. The van der Waals surface area contributed by atoms with Crippen molar-refractivity contribution in [2.24, 2.45) is 0 Å². The Kier molecular flexibility index (Phi) is 11.2. The number of carbonyl (C=O) groups excluding carboxylic acids is 2. The molecular formula is C29H33Cl2N3O5S. The minimum Gasteiger partial charge on any atom is -0.497 e. The monoisotopic (exact) mass is 605 g/mol. The molecule has 11 heteroatoms. The zero-order valence-electron chi connectivity index (χ0n) is 22.6. The summed E-state index contributed by atoms with van der Waals surface area (Å²) in [4.78, 5) is 28.6. The van der Waals surface area contributed by atoms with E-state index < -0.39 is 28.5 Å². The second-order valence-electron chi connectivity index (χ2n) is 9.01. The summed E-state index contributed by atoms with van der Waals surface area (Å²) >= 11 is 12.3. The molecule has 0 bridgehead atoms. The van der Waals surface area contributed by atoms with Crippen LogP contribution in [0.15, 0.2) is 77.7 Å². The Balaban J connectivity index is 2.05. The van der Waals surface area contributed by atoms with Gasteiger partial charge in [-0.25, -0.2) is 8.42 Å². The van der Waals surface area contributed by atoms with E-state index in [9.17, 15) is 18.0 Å². The van der Waals surface area contributed by atoms with Crippen LogP contribution in [0.2, 0.25) is 10.0 Å². The molecular weight excluding hydrogens is 573 g/mol. The number of amides is 2. The number of hydrogen-bond acceptors (Lipinski definition) is 5. The Morgan fingerprint density at radius 3 is 2.20 bits per heavy atom. The predicted molar refractivity (Wildman–Crippen MR) is 158 cm³/mol. The van der Waals surface area contributed by atoms with E-state index in [4.69, 9.17) is 27.9 Å². The molecule has 0 saturated carbocycles. The fourth-order valence-corrected chi connectivity index (χ4v) is 5.82. The van der Waals surface area contributed by atoms with Gasteiger partial charge in [-0.2, -0.15) is 0 Å². The largest absolute Gasteiger partial charge is 0.497 e. The summed E-state index contributed by atoms with van der Waals surface area (Å²) < 4.78 is 33.9. The molecule has 0 fully saturated rings. The molecule has 3 rings (SSSR count). The van der Waals surface area contributed by atoms with Gasteiger partial charge in [0.15, 0.2) is 0 Å². The summed E-state index contributed by atoms with van der Waals surface area (Å²) in [6.45, 7) is 3.72. The lowest BCUT2D eigenvalue weighted by atomic mass is 10.1. The van der Waals surface area contributed by atoms with Gasteiger partial charge in [0.05, 0.1) is 27.7 Å². The number of anilines is 1. The summed E-state index contributed by atoms with van der Waals surface area (Å²) in [5.41, 5.74) is 0.919. The molecule has 3 aromatic rings. The summed E-state index contributed by atoms with van der Waals surface area (Å²) in [7, 11) is -2.64. The van der Waals surface area contributed by atoms with Gasteiger partial charge in [-0.15, -0.1) is 0 Å². The molecule has 0 radical (unpaired) electrons. The van der Waals surface area contributed by atoms with Crippen LogP contribution in [0, 0.1) is 0 Å². The van der Waals surface area contributed by atoms with Gasteiger partial charge in [0, 0.05) is 13.1 Å². The minimum atomic E-state index is -4.19. The molecule has 0 saturated heterocycles. The molecule has 0 aliphatic carbocycles. The molecule has 40 heavy (non-hydrogen) atoms. The molecule has 3 aromatic carbocycles. The second-order valence-corrected chi connectivity index (χ2v) is 11.7. The van der Waals surface area contributed by atoms with E-state index in [1.54, 1.807) is 49.6 Å². The lowest BCUT2D eigenvalue weighted by Crippen LogP contribution is -2.52. The molecule has 1 atom stereocenters. The van der Waals surface area contributed by atoms with Crippen LogP contribution in [0.3, 0.4) is 0 Å². The lowest BCUT2D eigenvalue weighted by molar-refractivity contribution is -0.140. The zero-order valence-corrected chi connectivity index (χ0v) is 25.0. The topological polar surface area (TPSA) is 96.0 Å². The highest BCUT2D eigenvalue weighted by Crippen LogP contribution is 2.31. The van der Waals surface area contributed by atoms with Crippen LogP contribution in [0.4, 0.5) is 5.69 Å². The Labute approximate surface area is 245 Å². The Morgan fingerprint density at radius 2 is 1.62 bits per heavy atom. The van der Waals surface area contributed by atoms with Gasteiger partial charge < -0.3 is 15.0 Å². The number of nitrogens with one attached hydrogen (secondary N) is 1. The number of rotatable bonds is 13. The quantitative estimate of drug-likeness (QED) is 0.276. The van der Waals surface area contributed by atoms with Gasteiger partial charge in [0.2, 0.25) is 11.8 Å². The molecule has 0 heterocycles. The third kappa shape index (κ3) is 7.68. The van der Waals surface area contributed by atoms with Crippen molar-refractivity contribution in [3.05, 3.63) is 88.4 Å². The zero-order chi connectivity index (χ0) is 29.3. The summed E-state index contributed by atoms with van der Waals surface area (Å²) in [6, 6.07) is 18.5. The maximum Gasteiger partial charge on any atom is 0.264 e. The first-order valence-corrected chi connectivity index (χ1v) is 15.0. The SMILES string of the molecule is CCCNC(=O)[C@@H](CC)N(Cc1ccc(OC)cc1)C(=O)CN(c1ccc(Cl)c(Cl)c1)S(=O)(=O)c1ccccc1. The smallest absolute Gasteiger partial charge is 0.264 e. The van der Waals surface area contributed by atoms with E-state index in [0.717, 1.165) is 16.3 Å². The lowest BCUT2D eigenvalue weighted by Gasteiger charge is -2.33. The van der Waals surface area contributed by atoms with Crippen LogP contribution in [0.1, 0.15) is 32.3 Å². The van der Waals surface area contributed by atoms with Crippen LogP contribution in [0.5, 0.6) is 5.75 Å². The molecule has 0 unspecified atom stereocenters. The van der Waals surface area contributed by atoms with Crippen LogP contribution >= 0.6 is 23.2 Å². The van der Waals surface area contributed by atoms with Crippen molar-refractivity contribution in [2.45, 2.75) is 44.2 Å². The maximum absolute atomic E-state index is 14.0. The molecule has 2 amide bonds. The first-order valence-electron chi connectivity index (χ1n) is 12.8. The number of ether oxygens (including phenoxy) is 1. The first kappa shape index (κ1) is 31.3. The van der Waals surface area contributed by atoms with Crippen molar-refractivity contribution in [3.8, 4) is 5.75 Å². The van der Waals surface area contributed by atoms with Crippen LogP contribution in [-0.4, -0.2) is 51.4 Å². The van der Waals surface area contributed by atoms with Crippen molar-refractivity contribution in [1.82, 2.24) is 10.2 Å². The van der Waals surface area contributed by atoms with E-state index in [1.807, 2.05) is 13.8 Å². The van der Waals surface area contributed by atoms with Crippen molar-refractivity contribution in [1.29, 1.82) is 0 Å². The summed E-state index contributed by atoms with van der Waals surface area (Å²) in [5.74, 6) is -0.216.